The monoisotopic (exact) mass is 106 g/mol. The Morgan fingerprint density at radius 1 is 1.00 bits per heavy atom. The van der Waals surface area contributed by atoms with Gasteiger partial charge in [-0.3, -0.25) is 0 Å². The van der Waals surface area contributed by atoms with Crippen molar-refractivity contribution in [2.24, 2.45) is 0 Å². The lowest BCUT2D eigenvalue weighted by molar-refractivity contribution is 1.17. The largest absolute Gasteiger partial charge is 0.316 e. The maximum absolute atomic E-state index is 3.67. The van der Waals surface area contributed by atoms with E-state index in [0.29, 0.717) is 0 Å². The first-order valence-corrected chi connectivity index (χ1v) is 1.70. The van der Waals surface area contributed by atoms with Gasteiger partial charge in [-0.25, -0.2) is 9.97 Å². The highest BCUT2D eigenvalue weighted by molar-refractivity contribution is 5.75. The van der Waals surface area contributed by atoms with Crippen LogP contribution < -0.4 is 0 Å². The molecule has 0 N–H and O–H groups in total. The van der Waals surface area contributed by atoms with Crippen molar-refractivity contribution in [1.82, 2.24) is 9.97 Å². The summed E-state index contributed by atoms with van der Waals surface area (Å²) < 4.78 is 0. The minimum absolute atomic E-state index is 0. The van der Waals surface area contributed by atoms with Gasteiger partial charge in [-0.1, -0.05) is 0 Å². The summed E-state index contributed by atoms with van der Waals surface area (Å²) in [5.74, 6) is 0. The molecule has 0 aliphatic rings. The van der Waals surface area contributed by atoms with E-state index in [0.717, 1.165) is 0 Å². The molecule has 7 heavy (non-hydrogen) atoms. The van der Waals surface area contributed by atoms with Gasteiger partial charge >= 0.3 is 23.1 Å². The Balaban J connectivity index is 0.000000360. The molecule has 1 rings (SSSR count). The van der Waals surface area contributed by atoms with E-state index < -0.39 is 0 Å². The highest BCUT2D eigenvalue weighted by atomic mass is 24.3. The normalized spacial score (nSPS) is 6.86. The van der Waals surface area contributed by atoms with Gasteiger partial charge in [-0.15, -0.1) is 0 Å². The lowest BCUT2D eigenvalue weighted by atomic mass is 10.7. The Morgan fingerprint density at radius 2 is 1.57 bits per heavy atom. The van der Waals surface area contributed by atoms with Crippen LogP contribution in [0.25, 0.3) is 0 Å². The zero-order valence-electron chi connectivity index (χ0n) is 3.20. The highest BCUT2D eigenvalue weighted by Crippen LogP contribution is 1.66. The lowest BCUT2D eigenvalue weighted by Gasteiger charge is -1.70. The van der Waals surface area contributed by atoms with Gasteiger partial charge < -0.3 is 0 Å². The van der Waals surface area contributed by atoms with Crippen LogP contribution >= 0.6 is 0 Å². The van der Waals surface area contributed by atoms with E-state index in [2.05, 4.69) is 9.97 Å². The summed E-state index contributed by atoms with van der Waals surface area (Å²) >= 11 is 0. The van der Waals surface area contributed by atoms with Gasteiger partial charge in [0.15, 0.2) is 0 Å². The smallest absolute Gasteiger partial charge is 0.245 e. The second kappa shape index (κ2) is 4.02. The molecular formula is C4H6MgN2. The lowest BCUT2D eigenvalue weighted by Crippen LogP contribution is -1.66. The fourth-order valence-corrected chi connectivity index (χ4v) is 0.253. The van der Waals surface area contributed by atoms with Crippen LogP contribution in [0.5, 0.6) is 0 Å². The van der Waals surface area contributed by atoms with Gasteiger partial charge in [0.1, 0.15) is 6.33 Å². The SMILES string of the molecule is [MgH2].c1cncnc1. The first kappa shape index (κ1) is 6.85. The van der Waals surface area contributed by atoms with Gasteiger partial charge in [0.25, 0.3) is 0 Å². The Kier molecular flexibility index (Phi) is 3.93. The molecule has 0 aromatic carbocycles. The Labute approximate surface area is 58.1 Å². The fraction of sp³-hybridized carbons (Fsp3) is 0. The van der Waals surface area contributed by atoms with Crippen molar-refractivity contribution >= 4 is 23.1 Å². The Hall–Kier alpha value is -0.154. The zero-order chi connectivity index (χ0) is 4.24. The van der Waals surface area contributed by atoms with Crippen molar-refractivity contribution < 1.29 is 0 Å². The first-order valence-electron chi connectivity index (χ1n) is 1.70. The molecule has 1 aromatic rings. The molecular weight excluding hydrogens is 100 g/mol. The van der Waals surface area contributed by atoms with E-state index in [4.69, 9.17) is 0 Å². The maximum Gasteiger partial charge on any atom is 0.316 e. The zero-order valence-corrected chi connectivity index (χ0v) is 3.20. The van der Waals surface area contributed by atoms with Gasteiger partial charge in [0, 0.05) is 12.4 Å². The van der Waals surface area contributed by atoms with Crippen LogP contribution in [0.1, 0.15) is 0 Å². The summed E-state index contributed by atoms with van der Waals surface area (Å²) in [6.45, 7) is 0. The van der Waals surface area contributed by atoms with E-state index in [1.807, 2.05) is 0 Å². The molecule has 0 amide bonds. The first-order chi connectivity index (χ1) is 3.00. The van der Waals surface area contributed by atoms with Crippen molar-refractivity contribution in [1.29, 1.82) is 0 Å². The van der Waals surface area contributed by atoms with Crippen LogP contribution in [0.4, 0.5) is 0 Å². The Morgan fingerprint density at radius 3 is 1.71 bits per heavy atom. The third-order valence-electron chi connectivity index (χ3n) is 0.478. The molecule has 0 radical (unpaired) electrons. The standard InChI is InChI=1S/C4H4N2.Mg.2H/c1-2-5-4-6-3-1;;;/h1-4H;;;. The highest BCUT2D eigenvalue weighted by Gasteiger charge is 1.59. The van der Waals surface area contributed by atoms with E-state index in [9.17, 15) is 0 Å². The molecule has 0 saturated carbocycles. The number of aromatic nitrogens is 2. The van der Waals surface area contributed by atoms with Crippen LogP contribution in [-0.4, -0.2) is 33.0 Å². The van der Waals surface area contributed by atoms with Crippen molar-refractivity contribution in [3.05, 3.63) is 24.8 Å². The van der Waals surface area contributed by atoms with Gasteiger partial charge in [0.2, 0.25) is 0 Å². The number of hydrogen-bond acceptors (Lipinski definition) is 2. The third kappa shape index (κ3) is 2.53. The number of hydrogen-bond donors (Lipinski definition) is 0. The van der Waals surface area contributed by atoms with Crippen molar-refractivity contribution in [2.75, 3.05) is 0 Å². The molecule has 0 aliphatic heterocycles. The Bertz CT molecular complexity index is 81.6. The maximum atomic E-state index is 3.67. The minimum Gasteiger partial charge on any atom is -0.245 e. The predicted molar refractivity (Wildman–Crippen MR) is 30.6 cm³/mol. The van der Waals surface area contributed by atoms with Crippen molar-refractivity contribution in [3.63, 3.8) is 0 Å². The summed E-state index contributed by atoms with van der Waals surface area (Å²) in [6, 6.07) is 1.78. The molecule has 0 bridgehead atoms. The molecule has 0 atom stereocenters. The van der Waals surface area contributed by atoms with E-state index in [1.54, 1.807) is 18.5 Å². The van der Waals surface area contributed by atoms with Crippen molar-refractivity contribution in [3.8, 4) is 0 Å². The van der Waals surface area contributed by atoms with Gasteiger partial charge in [-0.05, 0) is 6.07 Å². The van der Waals surface area contributed by atoms with Crippen LogP contribution in [0.3, 0.4) is 0 Å². The van der Waals surface area contributed by atoms with Crippen molar-refractivity contribution in [2.45, 2.75) is 0 Å². The van der Waals surface area contributed by atoms with E-state index >= 15 is 0 Å². The molecule has 0 aliphatic carbocycles. The van der Waals surface area contributed by atoms with Crippen LogP contribution in [0, 0.1) is 0 Å². The molecule has 0 unspecified atom stereocenters. The molecule has 1 heterocycles. The third-order valence-corrected chi connectivity index (χ3v) is 0.478. The molecule has 1 aromatic heterocycles. The van der Waals surface area contributed by atoms with Crippen LogP contribution in [0.15, 0.2) is 24.8 Å². The van der Waals surface area contributed by atoms with Gasteiger partial charge in [-0.2, -0.15) is 0 Å². The quantitative estimate of drug-likeness (QED) is 0.419. The second-order valence-corrected chi connectivity index (χ2v) is 0.904. The predicted octanol–water partition coefficient (Wildman–Crippen LogP) is -0.440. The summed E-state index contributed by atoms with van der Waals surface area (Å²) in [7, 11) is 0. The molecule has 3 heteroatoms. The average molecular weight is 106 g/mol. The van der Waals surface area contributed by atoms with Crippen LogP contribution in [0.2, 0.25) is 0 Å². The summed E-state index contributed by atoms with van der Waals surface area (Å²) in [5, 5.41) is 0. The molecule has 2 nitrogen and oxygen atoms in total. The number of rotatable bonds is 0. The molecule has 0 saturated heterocycles. The fourth-order valence-electron chi connectivity index (χ4n) is 0.253. The summed E-state index contributed by atoms with van der Waals surface area (Å²) in [4.78, 5) is 7.35. The molecule has 0 fully saturated rings. The summed E-state index contributed by atoms with van der Waals surface area (Å²) in [6.07, 6.45) is 4.88. The number of nitrogens with zero attached hydrogens (tertiary/aromatic N) is 2. The van der Waals surface area contributed by atoms with E-state index in [1.165, 1.54) is 6.33 Å². The molecule has 0 spiro atoms. The molecule has 34 valence electrons. The van der Waals surface area contributed by atoms with Crippen LogP contribution in [-0.2, 0) is 0 Å². The second-order valence-electron chi connectivity index (χ2n) is 0.904. The average Bonchev–Trinajstić information content (AvgIpc) is 1.72. The summed E-state index contributed by atoms with van der Waals surface area (Å²) in [5.41, 5.74) is 0. The minimum atomic E-state index is 0. The topological polar surface area (TPSA) is 25.8 Å². The van der Waals surface area contributed by atoms with Gasteiger partial charge in [0.05, 0.1) is 0 Å². The van der Waals surface area contributed by atoms with E-state index in [-0.39, 0.29) is 23.1 Å².